The van der Waals surface area contributed by atoms with Crippen molar-refractivity contribution in [1.82, 2.24) is 0 Å². The van der Waals surface area contributed by atoms with Crippen molar-refractivity contribution in [2.45, 2.75) is 0 Å². The lowest BCUT2D eigenvalue weighted by Crippen LogP contribution is -1.89. The van der Waals surface area contributed by atoms with Crippen LogP contribution in [0.25, 0.3) is 43.6 Å². The smallest absolute Gasteiger partial charge is 0.142 e. The van der Waals surface area contributed by atoms with E-state index < -0.39 is 0 Å². The normalized spacial score (nSPS) is 11.4. The van der Waals surface area contributed by atoms with Crippen molar-refractivity contribution >= 4 is 32.5 Å². The van der Waals surface area contributed by atoms with Crippen molar-refractivity contribution in [3.8, 4) is 28.4 Å². The van der Waals surface area contributed by atoms with E-state index in [9.17, 15) is 5.11 Å². The molecule has 0 radical (unpaired) electrons. The van der Waals surface area contributed by atoms with Gasteiger partial charge in [-0.1, -0.05) is 48.5 Å². The first-order valence-electron chi connectivity index (χ1n) is 8.99. The summed E-state index contributed by atoms with van der Waals surface area (Å²) in [5.41, 5.74) is 2.21. The van der Waals surface area contributed by atoms with Crippen LogP contribution in [0.3, 0.4) is 0 Å². The third-order valence-electron chi connectivity index (χ3n) is 5.25. The minimum absolute atomic E-state index is 0.200. The van der Waals surface area contributed by atoms with Gasteiger partial charge in [-0.2, -0.15) is 0 Å². The molecule has 0 aliphatic heterocycles. The molecule has 1 N–H and O–H groups in total. The summed E-state index contributed by atoms with van der Waals surface area (Å²) in [4.78, 5) is 0. The Kier molecular flexibility index (Phi) is 3.66. The lowest BCUT2D eigenvalue weighted by atomic mass is 9.97. The lowest BCUT2D eigenvalue weighted by molar-refractivity contribution is 0.418. The fraction of sp³-hybridized carbons (Fsp3) is 0.0833. The van der Waals surface area contributed by atoms with E-state index in [1.54, 1.807) is 20.5 Å². The second-order valence-corrected chi connectivity index (χ2v) is 6.67. The van der Waals surface area contributed by atoms with E-state index in [0.29, 0.717) is 11.3 Å². The number of hydrogen-bond acceptors (Lipinski definition) is 4. The summed E-state index contributed by atoms with van der Waals surface area (Å²) in [7, 11) is 3.29. The Morgan fingerprint density at radius 2 is 1.25 bits per heavy atom. The highest BCUT2D eigenvalue weighted by Crippen LogP contribution is 2.46. The molecule has 0 amide bonds. The van der Waals surface area contributed by atoms with Crippen molar-refractivity contribution in [2.24, 2.45) is 0 Å². The van der Waals surface area contributed by atoms with Crippen LogP contribution in [0.4, 0.5) is 0 Å². The van der Waals surface area contributed by atoms with Crippen LogP contribution in [0.15, 0.2) is 71.3 Å². The molecule has 0 unspecified atom stereocenters. The van der Waals surface area contributed by atoms with E-state index in [0.717, 1.165) is 43.8 Å². The highest BCUT2D eigenvalue weighted by atomic mass is 16.5. The van der Waals surface area contributed by atoms with Crippen molar-refractivity contribution < 1.29 is 19.0 Å². The van der Waals surface area contributed by atoms with Crippen molar-refractivity contribution in [2.75, 3.05) is 14.2 Å². The van der Waals surface area contributed by atoms with Gasteiger partial charge in [0.1, 0.15) is 22.8 Å². The largest absolute Gasteiger partial charge is 0.507 e. The first-order valence-corrected chi connectivity index (χ1v) is 8.99. The predicted octanol–water partition coefficient (Wildman–Crippen LogP) is 6.13. The molecule has 0 aliphatic rings. The third-order valence-corrected chi connectivity index (χ3v) is 5.25. The summed E-state index contributed by atoms with van der Waals surface area (Å²) in [5.74, 6) is 1.66. The van der Waals surface area contributed by atoms with Crippen LogP contribution in [-0.4, -0.2) is 19.3 Å². The summed E-state index contributed by atoms with van der Waals surface area (Å²) in [6, 6.07) is 19.4. The number of phenolic OH excluding ortho intramolecular Hbond substituents is 1. The molecule has 0 aliphatic carbocycles. The van der Waals surface area contributed by atoms with Crippen LogP contribution in [0, 0.1) is 0 Å². The van der Waals surface area contributed by atoms with Crippen molar-refractivity contribution in [3.05, 3.63) is 66.9 Å². The van der Waals surface area contributed by atoms with E-state index in [1.807, 2.05) is 60.7 Å². The number of rotatable bonds is 3. The zero-order valence-electron chi connectivity index (χ0n) is 15.5. The van der Waals surface area contributed by atoms with Gasteiger partial charge in [-0.25, -0.2) is 0 Å². The molecule has 5 rings (SSSR count). The quantitative estimate of drug-likeness (QED) is 0.415. The summed E-state index contributed by atoms with van der Waals surface area (Å²) in [6.07, 6.45) is 1.68. The Morgan fingerprint density at radius 1 is 0.679 bits per heavy atom. The molecule has 0 spiro atoms. The average Bonchev–Trinajstić information content (AvgIpc) is 3.17. The SMILES string of the molecule is COc1cc(-c2coc3c2cc(OC)c2ccccc23)c(O)c2ccccc12. The Balaban J connectivity index is 1.88. The summed E-state index contributed by atoms with van der Waals surface area (Å²) < 4.78 is 17.1. The van der Waals surface area contributed by atoms with Gasteiger partial charge in [-0.05, 0) is 12.1 Å². The Hall–Kier alpha value is -3.66. The average molecular weight is 370 g/mol. The molecule has 0 atom stereocenters. The molecule has 138 valence electrons. The number of phenols is 1. The Labute approximate surface area is 161 Å². The first kappa shape index (κ1) is 16.5. The zero-order chi connectivity index (χ0) is 19.3. The molecule has 1 heterocycles. The van der Waals surface area contributed by atoms with Crippen LogP contribution in [-0.2, 0) is 0 Å². The van der Waals surface area contributed by atoms with Gasteiger partial charge in [-0.3, -0.25) is 0 Å². The molecule has 0 saturated heterocycles. The Bertz CT molecular complexity index is 1350. The number of fused-ring (bicyclic) bond motifs is 4. The molecule has 4 nitrogen and oxygen atoms in total. The monoisotopic (exact) mass is 370 g/mol. The topological polar surface area (TPSA) is 51.8 Å². The van der Waals surface area contributed by atoms with E-state index in [-0.39, 0.29) is 5.75 Å². The van der Waals surface area contributed by atoms with Crippen LogP contribution in [0.5, 0.6) is 17.2 Å². The fourth-order valence-electron chi connectivity index (χ4n) is 3.90. The molecular formula is C24H18O4. The van der Waals surface area contributed by atoms with Crippen LogP contribution in [0.1, 0.15) is 0 Å². The minimum atomic E-state index is 0.200. The maximum atomic E-state index is 11.0. The van der Waals surface area contributed by atoms with E-state index in [4.69, 9.17) is 13.9 Å². The maximum absolute atomic E-state index is 11.0. The molecule has 0 bridgehead atoms. The number of benzene rings is 4. The first-order chi connectivity index (χ1) is 13.7. The van der Waals surface area contributed by atoms with Gasteiger partial charge in [0.15, 0.2) is 0 Å². The number of hydrogen-bond donors (Lipinski definition) is 1. The van der Waals surface area contributed by atoms with E-state index >= 15 is 0 Å². The van der Waals surface area contributed by atoms with Gasteiger partial charge in [-0.15, -0.1) is 0 Å². The van der Waals surface area contributed by atoms with Gasteiger partial charge in [0.2, 0.25) is 0 Å². The van der Waals surface area contributed by atoms with Gasteiger partial charge in [0.25, 0.3) is 0 Å². The van der Waals surface area contributed by atoms with Gasteiger partial charge in [0.05, 0.1) is 20.5 Å². The van der Waals surface area contributed by atoms with E-state index in [1.165, 1.54) is 0 Å². The number of ether oxygens (including phenoxy) is 2. The second kappa shape index (κ2) is 6.20. The number of methoxy groups -OCH3 is 2. The van der Waals surface area contributed by atoms with Crippen LogP contribution in [0.2, 0.25) is 0 Å². The molecule has 1 aromatic heterocycles. The summed E-state index contributed by atoms with van der Waals surface area (Å²) in [6.45, 7) is 0. The standard InChI is InChI=1S/C24H18O4/c1-26-21-11-18(23(25)16-9-5-3-7-14(16)21)20-13-28-24-17-10-6-4-8-15(17)22(27-2)12-19(20)24/h3-13,25H,1-2H3. The predicted molar refractivity (Wildman–Crippen MR) is 111 cm³/mol. The molecule has 5 aromatic rings. The van der Waals surface area contributed by atoms with Crippen LogP contribution >= 0.6 is 0 Å². The minimum Gasteiger partial charge on any atom is -0.507 e. The Morgan fingerprint density at radius 3 is 1.93 bits per heavy atom. The van der Waals surface area contributed by atoms with Crippen LogP contribution < -0.4 is 9.47 Å². The number of aromatic hydroxyl groups is 1. The van der Waals surface area contributed by atoms with Crippen molar-refractivity contribution in [3.63, 3.8) is 0 Å². The van der Waals surface area contributed by atoms with Gasteiger partial charge in [0, 0.05) is 38.1 Å². The van der Waals surface area contributed by atoms with Gasteiger partial charge >= 0.3 is 0 Å². The molecular weight excluding hydrogens is 352 g/mol. The third kappa shape index (κ3) is 2.24. The highest BCUT2D eigenvalue weighted by molar-refractivity contribution is 6.13. The molecule has 0 saturated carbocycles. The maximum Gasteiger partial charge on any atom is 0.142 e. The van der Waals surface area contributed by atoms with E-state index in [2.05, 4.69) is 0 Å². The molecule has 28 heavy (non-hydrogen) atoms. The lowest BCUT2D eigenvalue weighted by Gasteiger charge is -2.12. The molecule has 0 fully saturated rings. The fourth-order valence-corrected chi connectivity index (χ4v) is 3.90. The van der Waals surface area contributed by atoms with Gasteiger partial charge < -0.3 is 19.0 Å². The zero-order valence-corrected chi connectivity index (χ0v) is 15.5. The highest BCUT2D eigenvalue weighted by Gasteiger charge is 2.19. The second-order valence-electron chi connectivity index (χ2n) is 6.67. The molecule has 4 heteroatoms. The summed E-state index contributed by atoms with van der Waals surface area (Å²) in [5, 5.41) is 15.4. The summed E-state index contributed by atoms with van der Waals surface area (Å²) >= 11 is 0. The number of furan rings is 1. The molecule has 4 aromatic carbocycles. The van der Waals surface area contributed by atoms with Crippen molar-refractivity contribution in [1.29, 1.82) is 0 Å².